The molecule has 1 fully saturated rings. The van der Waals surface area contributed by atoms with Crippen molar-refractivity contribution >= 4 is 5.69 Å². The van der Waals surface area contributed by atoms with Gasteiger partial charge in [0.1, 0.15) is 0 Å². The molecule has 1 atom stereocenters. The van der Waals surface area contributed by atoms with Gasteiger partial charge in [-0.15, -0.1) is 0 Å². The third-order valence-electron chi connectivity index (χ3n) is 4.50. The molecule has 3 heteroatoms. The fraction of sp³-hybridized carbons (Fsp3) is 0.688. The normalized spacial score (nSPS) is 21.3. The third-order valence-corrected chi connectivity index (χ3v) is 4.50. The molecule has 3 nitrogen and oxygen atoms in total. The molecular weight excluding hydrogens is 234 g/mol. The molecule has 1 unspecified atom stereocenters. The molecular formula is C16H27N3. The van der Waals surface area contributed by atoms with Crippen molar-refractivity contribution in [3.63, 3.8) is 0 Å². The molecule has 0 saturated carbocycles. The second-order valence-corrected chi connectivity index (χ2v) is 5.81. The molecule has 1 aromatic heterocycles. The van der Waals surface area contributed by atoms with Crippen molar-refractivity contribution in [2.24, 2.45) is 0 Å². The summed E-state index contributed by atoms with van der Waals surface area (Å²) in [7, 11) is 0. The Balaban J connectivity index is 2.16. The first-order valence-electron chi connectivity index (χ1n) is 7.58. The summed E-state index contributed by atoms with van der Waals surface area (Å²) >= 11 is 0. The van der Waals surface area contributed by atoms with Gasteiger partial charge < -0.3 is 5.73 Å². The molecule has 2 heterocycles. The van der Waals surface area contributed by atoms with Crippen molar-refractivity contribution in [1.82, 2.24) is 9.88 Å². The van der Waals surface area contributed by atoms with E-state index in [-0.39, 0.29) is 0 Å². The fourth-order valence-corrected chi connectivity index (χ4v) is 3.05. The summed E-state index contributed by atoms with van der Waals surface area (Å²) in [4.78, 5) is 7.22. The summed E-state index contributed by atoms with van der Waals surface area (Å²) in [6, 6.07) is 0.714. The van der Waals surface area contributed by atoms with Crippen LogP contribution in [-0.4, -0.2) is 22.5 Å². The Hall–Kier alpha value is -1.09. The number of anilines is 1. The van der Waals surface area contributed by atoms with E-state index in [1.807, 2.05) is 13.1 Å². The summed E-state index contributed by atoms with van der Waals surface area (Å²) < 4.78 is 0. The molecule has 0 radical (unpaired) electrons. The summed E-state index contributed by atoms with van der Waals surface area (Å²) in [6.45, 7) is 8.58. The lowest BCUT2D eigenvalue weighted by atomic mass is 10.1. The number of hydrogen-bond acceptors (Lipinski definition) is 3. The summed E-state index contributed by atoms with van der Waals surface area (Å²) in [5.74, 6) is 0. The van der Waals surface area contributed by atoms with Crippen molar-refractivity contribution in [3.8, 4) is 0 Å². The van der Waals surface area contributed by atoms with Gasteiger partial charge in [-0.2, -0.15) is 0 Å². The Bertz CT molecular complexity index is 428. The Labute approximate surface area is 117 Å². The smallest absolute Gasteiger partial charge is 0.0593 e. The van der Waals surface area contributed by atoms with E-state index in [1.165, 1.54) is 44.2 Å². The minimum absolute atomic E-state index is 0.714. The molecule has 2 rings (SSSR count). The zero-order valence-electron chi connectivity index (χ0n) is 12.6. The van der Waals surface area contributed by atoms with Crippen LogP contribution in [0.5, 0.6) is 0 Å². The van der Waals surface area contributed by atoms with E-state index in [4.69, 9.17) is 5.73 Å². The molecule has 1 aromatic rings. The second-order valence-electron chi connectivity index (χ2n) is 5.81. The molecule has 106 valence electrons. The predicted octanol–water partition coefficient (Wildman–Crippen LogP) is 3.44. The van der Waals surface area contributed by atoms with Gasteiger partial charge in [0.05, 0.1) is 5.69 Å². The number of aromatic nitrogens is 1. The molecule has 1 aliphatic rings. The topological polar surface area (TPSA) is 42.2 Å². The van der Waals surface area contributed by atoms with Gasteiger partial charge in [-0.25, -0.2) is 0 Å². The molecule has 2 N–H and O–H groups in total. The van der Waals surface area contributed by atoms with Crippen molar-refractivity contribution in [2.45, 2.75) is 65.5 Å². The van der Waals surface area contributed by atoms with Crippen LogP contribution >= 0.6 is 0 Å². The number of pyridine rings is 1. The van der Waals surface area contributed by atoms with Crippen LogP contribution in [0.15, 0.2) is 6.20 Å². The van der Waals surface area contributed by atoms with Gasteiger partial charge in [-0.05, 0) is 50.8 Å². The Morgan fingerprint density at radius 3 is 2.84 bits per heavy atom. The Morgan fingerprint density at radius 1 is 1.32 bits per heavy atom. The Morgan fingerprint density at radius 2 is 2.11 bits per heavy atom. The van der Waals surface area contributed by atoms with Crippen LogP contribution < -0.4 is 5.73 Å². The van der Waals surface area contributed by atoms with Gasteiger partial charge in [0.15, 0.2) is 0 Å². The molecule has 0 bridgehead atoms. The monoisotopic (exact) mass is 261 g/mol. The van der Waals surface area contributed by atoms with Crippen LogP contribution in [0.4, 0.5) is 5.69 Å². The highest BCUT2D eigenvalue weighted by Gasteiger charge is 2.20. The lowest BCUT2D eigenvalue weighted by Crippen LogP contribution is -2.34. The largest absolute Gasteiger partial charge is 0.398 e. The van der Waals surface area contributed by atoms with Crippen LogP contribution in [0.1, 0.15) is 55.8 Å². The standard InChI is InChI=1S/C16H27N3/c1-4-14-8-6-5-7-9-19(14)11-15-13(3)16(17)12(2)10-18-15/h10,14H,4-9,11H2,1-3H3,(H2,17,18). The first-order valence-corrected chi connectivity index (χ1v) is 7.58. The maximum atomic E-state index is 6.13. The van der Waals surface area contributed by atoms with Crippen LogP contribution in [-0.2, 0) is 6.54 Å². The first kappa shape index (κ1) is 14.3. The van der Waals surface area contributed by atoms with Crippen molar-refractivity contribution in [2.75, 3.05) is 12.3 Å². The number of nitrogens with zero attached hydrogens (tertiary/aromatic N) is 2. The average molecular weight is 261 g/mol. The van der Waals surface area contributed by atoms with Crippen LogP contribution in [0, 0.1) is 13.8 Å². The first-order chi connectivity index (χ1) is 9.13. The second kappa shape index (κ2) is 6.38. The number of likely N-dealkylation sites (tertiary alicyclic amines) is 1. The van der Waals surface area contributed by atoms with Gasteiger partial charge >= 0.3 is 0 Å². The molecule has 19 heavy (non-hydrogen) atoms. The van der Waals surface area contributed by atoms with Crippen molar-refractivity contribution in [1.29, 1.82) is 0 Å². The van der Waals surface area contributed by atoms with E-state index < -0.39 is 0 Å². The van der Waals surface area contributed by atoms with Crippen molar-refractivity contribution in [3.05, 3.63) is 23.0 Å². The van der Waals surface area contributed by atoms with Crippen molar-refractivity contribution < 1.29 is 0 Å². The minimum atomic E-state index is 0.714. The van der Waals surface area contributed by atoms with Crippen LogP contribution in [0.2, 0.25) is 0 Å². The minimum Gasteiger partial charge on any atom is -0.398 e. The number of nitrogen functional groups attached to an aromatic ring is 1. The SMILES string of the molecule is CCC1CCCCCN1Cc1ncc(C)c(N)c1C. The van der Waals surface area contributed by atoms with Crippen LogP contribution in [0.3, 0.4) is 0 Å². The number of hydrogen-bond donors (Lipinski definition) is 1. The lowest BCUT2D eigenvalue weighted by Gasteiger charge is -2.29. The van der Waals surface area contributed by atoms with Gasteiger partial charge in [0.25, 0.3) is 0 Å². The predicted molar refractivity (Wildman–Crippen MR) is 81.1 cm³/mol. The quantitative estimate of drug-likeness (QED) is 0.906. The lowest BCUT2D eigenvalue weighted by molar-refractivity contribution is 0.183. The zero-order chi connectivity index (χ0) is 13.8. The number of nitrogens with two attached hydrogens (primary N) is 1. The number of aryl methyl sites for hydroxylation is 1. The fourth-order valence-electron chi connectivity index (χ4n) is 3.05. The van der Waals surface area contributed by atoms with Gasteiger partial charge in [-0.3, -0.25) is 9.88 Å². The molecule has 0 amide bonds. The zero-order valence-corrected chi connectivity index (χ0v) is 12.6. The maximum Gasteiger partial charge on any atom is 0.0593 e. The molecule has 1 saturated heterocycles. The summed E-state index contributed by atoms with van der Waals surface area (Å²) in [5.41, 5.74) is 10.4. The highest BCUT2D eigenvalue weighted by Crippen LogP contribution is 2.24. The van der Waals surface area contributed by atoms with E-state index in [1.54, 1.807) is 0 Å². The highest BCUT2D eigenvalue weighted by molar-refractivity contribution is 5.53. The van der Waals surface area contributed by atoms with E-state index in [0.717, 1.165) is 23.5 Å². The van der Waals surface area contributed by atoms with Crippen LogP contribution in [0.25, 0.3) is 0 Å². The highest BCUT2D eigenvalue weighted by atomic mass is 15.2. The van der Waals surface area contributed by atoms with E-state index in [2.05, 4.69) is 23.7 Å². The van der Waals surface area contributed by atoms with E-state index >= 15 is 0 Å². The molecule has 0 aliphatic carbocycles. The third kappa shape index (κ3) is 3.27. The Kier molecular flexibility index (Phi) is 4.81. The summed E-state index contributed by atoms with van der Waals surface area (Å²) in [5, 5.41) is 0. The molecule has 0 aromatic carbocycles. The summed E-state index contributed by atoms with van der Waals surface area (Å²) in [6.07, 6.45) is 8.54. The maximum absolute atomic E-state index is 6.13. The number of rotatable bonds is 3. The molecule has 0 spiro atoms. The van der Waals surface area contributed by atoms with Gasteiger partial charge in [-0.1, -0.05) is 19.8 Å². The van der Waals surface area contributed by atoms with Gasteiger partial charge in [0, 0.05) is 24.5 Å². The van der Waals surface area contributed by atoms with Gasteiger partial charge in [0.2, 0.25) is 0 Å². The average Bonchev–Trinajstić information content (AvgIpc) is 2.64. The van der Waals surface area contributed by atoms with E-state index in [0.29, 0.717) is 6.04 Å². The van der Waals surface area contributed by atoms with E-state index in [9.17, 15) is 0 Å². The molecule has 1 aliphatic heterocycles.